The number of carbonyl (C=O) groups excluding carboxylic acids is 1. The molecule has 0 aromatic heterocycles. The maximum absolute atomic E-state index is 13.3. The molecule has 2 heterocycles. The predicted octanol–water partition coefficient (Wildman–Crippen LogP) is 4.66. The molecule has 28 heavy (non-hydrogen) atoms. The van der Waals surface area contributed by atoms with E-state index in [0.29, 0.717) is 18.2 Å². The number of ether oxygens (including phenoxy) is 2. The van der Waals surface area contributed by atoms with Crippen molar-refractivity contribution in [2.45, 2.75) is 50.1 Å². The first-order valence-corrected chi connectivity index (χ1v) is 9.94. The topological polar surface area (TPSA) is 38.8 Å². The zero-order chi connectivity index (χ0) is 18.4. The number of hydrogen-bond acceptors (Lipinski definition) is 4. The number of fused-ring (bicyclic) bond motifs is 2. The lowest BCUT2D eigenvalue weighted by Crippen LogP contribution is -2.51. The Bertz CT molecular complexity index is 871. The summed E-state index contributed by atoms with van der Waals surface area (Å²) in [4.78, 5) is 15.9. The van der Waals surface area contributed by atoms with Gasteiger partial charge in [0.25, 0.3) is 0 Å². The van der Waals surface area contributed by atoms with E-state index >= 15 is 0 Å². The molecule has 148 valence electrons. The summed E-state index contributed by atoms with van der Waals surface area (Å²) in [7, 11) is 0. The second-order valence-corrected chi connectivity index (χ2v) is 7.95. The summed E-state index contributed by atoms with van der Waals surface area (Å²) in [5.74, 6) is 1.94. The van der Waals surface area contributed by atoms with Crippen LogP contribution in [-0.4, -0.2) is 30.1 Å². The summed E-state index contributed by atoms with van der Waals surface area (Å²) < 4.78 is 11.1. The fourth-order valence-corrected chi connectivity index (χ4v) is 5.39. The molecular formula is C23H26ClNO3. The van der Waals surface area contributed by atoms with Crippen molar-refractivity contribution in [1.29, 1.82) is 0 Å². The van der Waals surface area contributed by atoms with E-state index in [4.69, 9.17) is 9.47 Å². The van der Waals surface area contributed by atoms with E-state index in [-0.39, 0.29) is 25.2 Å². The van der Waals surface area contributed by atoms with E-state index < -0.39 is 5.41 Å². The molecule has 0 spiro atoms. The van der Waals surface area contributed by atoms with Crippen molar-refractivity contribution in [2.75, 3.05) is 13.3 Å². The van der Waals surface area contributed by atoms with Gasteiger partial charge in [0.1, 0.15) is 5.78 Å². The van der Waals surface area contributed by atoms with Crippen LogP contribution in [0.4, 0.5) is 0 Å². The SMILES string of the molecule is C[C@H](c1ccccc1)N1CC[C@@]2(c3ccc4c(c3)OCO4)C(=O)CCC[C@@H]12.Cl. The number of Topliss-reactive ketones (excluding diaryl/α,β-unsaturated/α-hetero) is 1. The van der Waals surface area contributed by atoms with Crippen molar-refractivity contribution in [3.05, 3.63) is 59.7 Å². The van der Waals surface area contributed by atoms with Gasteiger partial charge in [-0.1, -0.05) is 36.4 Å². The molecular weight excluding hydrogens is 374 g/mol. The Labute approximate surface area is 172 Å². The Morgan fingerprint density at radius 1 is 1.11 bits per heavy atom. The maximum Gasteiger partial charge on any atom is 0.231 e. The number of rotatable bonds is 3. The Morgan fingerprint density at radius 3 is 2.71 bits per heavy atom. The molecule has 0 amide bonds. The number of nitrogens with zero attached hydrogens (tertiary/aromatic N) is 1. The highest BCUT2D eigenvalue weighted by Gasteiger charge is 2.55. The van der Waals surface area contributed by atoms with Gasteiger partial charge in [-0.2, -0.15) is 0 Å². The number of carbonyl (C=O) groups is 1. The van der Waals surface area contributed by atoms with Crippen LogP contribution in [0.2, 0.25) is 0 Å². The number of benzene rings is 2. The fraction of sp³-hybridized carbons (Fsp3) is 0.435. The Morgan fingerprint density at radius 2 is 1.89 bits per heavy atom. The van der Waals surface area contributed by atoms with Crippen LogP contribution < -0.4 is 9.47 Å². The van der Waals surface area contributed by atoms with E-state index in [0.717, 1.165) is 42.9 Å². The molecule has 2 aliphatic heterocycles. The number of hydrogen-bond donors (Lipinski definition) is 0. The van der Waals surface area contributed by atoms with Crippen molar-refractivity contribution in [3.63, 3.8) is 0 Å². The summed E-state index contributed by atoms with van der Waals surface area (Å²) in [6, 6.07) is 17.3. The molecule has 1 saturated carbocycles. The van der Waals surface area contributed by atoms with E-state index in [1.54, 1.807) is 0 Å². The Hall–Kier alpha value is -2.04. The molecule has 2 aromatic carbocycles. The van der Waals surface area contributed by atoms with Gasteiger partial charge in [-0.3, -0.25) is 9.69 Å². The van der Waals surface area contributed by atoms with Crippen molar-refractivity contribution >= 4 is 18.2 Å². The lowest BCUT2D eigenvalue weighted by atomic mass is 9.65. The summed E-state index contributed by atoms with van der Waals surface area (Å²) in [6.07, 6.45) is 3.61. The molecule has 2 fully saturated rings. The third-order valence-corrected chi connectivity index (χ3v) is 6.78. The van der Waals surface area contributed by atoms with Gasteiger partial charge in [0, 0.05) is 25.0 Å². The second-order valence-electron chi connectivity index (χ2n) is 7.95. The normalized spacial score (nSPS) is 27.2. The third-order valence-electron chi connectivity index (χ3n) is 6.78. The van der Waals surface area contributed by atoms with E-state index in [2.05, 4.69) is 54.3 Å². The van der Waals surface area contributed by atoms with Crippen molar-refractivity contribution < 1.29 is 14.3 Å². The van der Waals surface area contributed by atoms with Crippen LogP contribution in [0.3, 0.4) is 0 Å². The minimum absolute atomic E-state index is 0. The Balaban J connectivity index is 0.00000192. The molecule has 0 unspecified atom stereocenters. The monoisotopic (exact) mass is 399 g/mol. The molecule has 1 saturated heterocycles. The highest BCUT2D eigenvalue weighted by Crippen LogP contribution is 2.51. The average Bonchev–Trinajstić information content (AvgIpc) is 3.33. The van der Waals surface area contributed by atoms with Crippen LogP contribution in [-0.2, 0) is 10.2 Å². The zero-order valence-corrected chi connectivity index (χ0v) is 16.9. The van der Waals surface area contributed by atoms with Gasteiger partial charge in [0.15, 0.2) is 11.5 Å². The quantitative estimate of drug-likeness (QED) is 0.752. The summed E-state index contributed by atoms with van der Waals surface area (Å²) in [5.41, 5.74) is 2.00. The third kappa shape index (κ3) is 2.82. The largest absolute Gasteiger partial charge is 0.454 e. The maximum atomic E-state index is 13.3. The number of ketones is 1. The fourth-order valence-electron chi connectivity index (χ4n) is 5.39. The van der Waals surface area contributed by atoms with Crippen LogP contribution >= 0.6 is 12.4 Å². The highest BCUT2D eigenvalue weighted by molar-refractivity contribution is 5.92. The number of likely N-dealkylation sites (tertiary alicyclic amines) is 1. The lowest BCUT2D eigenvalue weighted by Gasteiger charge is -2.43. The summed E-state index contributed by atoms with van der Waals surface area (Å²) in [6.45, 7) is 3.48. The summed E-state index contributed by atoms with van der Waals surface area (Å²) >= 11 is 0. The molecule has 0 bridgehead atoms. The minimum atomic E-state index is -0.414. The second kappa shape index (κ2) is 7.41. The lowest BCUT2D eigenvalue weighted by molar-refractivity contribution is -0.128. The van der Waals surface area contributed by atoms with Gasteiger partial charge >= 0.3 is 0 Å². The molecule has 1 aliphatic carbocycles. The molecule has 0 radical (unpaired) electrons. The number of halogens is 1. The first-order valence-electron chi connectivity index (χ1n) is 9.94. The van der Waals surface area contributed by atoms with Crippen molar-refractivity contribution in [3.8, 4) is 11.5 Å². The van der Waals surface area contributed by atoms with Gasteiger partial charge in [0.05, 0.1) is 5.41 Å². The average molecular weight is 400 g/mol. The van der Waals surface area contributed by atoms with E-state index in [1.165, 1.54) is 5.56 Å². The molecule has 5 rings (SSSR count). The van der Waals surface area contributed by atoms with E-state index in [9.17, 15) is 4.79 Å². The molecule has 2 aromatic rings. The van der Waals surface area contributed by atoms with Crippen LogP contribution in [0.25, 0.3) is 0 Å². The first kappa shape index (κ1) is 19.3. The van der Waals surface area contributed by atoms with Gasteiger partial charge in [-0.25, -0.2) is 0 Å². The van der Waals surface area contributed by atoms with Crippen molar-refractivity contribution in [1.82, 2.24) is 4.90 Å². The minimum Gasteiger partial charge on any atom is -0.454 e. The van der Waals surface area contributed by atoms with E-state index in [1.807, 2.05) is 6.07 Å². The van der Waals surface area contributed by atoms with Gasteiger partial charge in [-0.15, -0.1) is 12.4 Å². The van der Waals surface area contributed by atoms with Gasteiger partial charge in [0.2, 0.25) is 6.79 Å². The van der Waals surface area contributed by atoms with Crippen LogP contribution in [0.15, 0.2) is 48.5 Å². The zero-order valence-electron chi connectivity index (χ0n) is 16.1. The highest BCUT2D eigenvalue weighted by atomic mass is 35.5. The summed E-state index contributed by atoms with van der Waals surface area (Å²) in [5, 5.41) is 0. The smallest absolute Gasteiger partial charge is 0.231 e. The first-order chi connectivity index (χ1) is 13.2. The molecule has 3 aliphatic rings. The molecule has 5 heteroatoms. The van der Waals surface area contributed by atoms with Gasteiger partial charge in [-0.05, 0) is 49.4 Å². The standard InChI is InChI=1S/C23H25NO3.ClH/c1-16(17-6-3-2-4-7-17)24-13-12-23(21(24)8-5-9-22(23)25)18-10-11-19-20(14-18)27-15-26-19;/h2-4,6-7,10-11,14,16,21H,5,8-9,12-13,15H2,1H3;1H/t16-,21-,23+;/m1./s1. The van der Waals surface area contributed by atoms with Gasteiger partial charge < -0.3 is 9.47 Å². The van der Waals surface area contributed by atoms with Crippen molar-refractivity contribution in [2.24, 2.45) is 0 Å². The molecule has 4 nitrogen and oxygen atoms in total. The Kier molecular flexibility index (Phi) is 5.11. The predicted molar refractivity (Wildman–Crippen MR) is 110 cm³/mol. The van der Waals surface area contributed by atoms with Crippen LogP contribution in [0.1, 0.15) is 49.8 Å². The van der Waals surface area contributed by atoms with Crippen LogP contribution in [0, 0.1) is 0 Å². The molecule has 0 N–H and O–H groups in total. The van der Waals surface area contributed by atoms with Crippen LogP contribution in [0.5, 0.6) is 11.5 Å². The molecule has 3 atom stereocenters.